The van der Waals surface area contributed by atoms with Gasteiger partial charge in [-0.2, -0.15) is 0 Å². The predicted octanol–water partition coefficient (Wildman–Crippen LogP) is 2.13. The van der Waals surface area contributed by atoms with E-state index >= 15 is 0 Å². The Balaban J connectivity index is 3.23. The molecule has 1 atom stereocenters. The number of carboxylic acid groups (broad SMARTS) is 1. The zero-order valence-electron chi connectivity index (χ0n) is 11.4. The number of hydrogen-bond donors (Lipinski definition) is 3. The standard InChI is InChI=1S/C12H15Cl2NO5S/c1-3-12(2,18)6-15-21(19,20)9-5-7(13)4-8(10(9)14)11(16)17/h4-5,15,18H,3,6H2,1-2H3,(H,16,17). The van der Waals surface area contributed by atoms with Crippen molar-refractivity contribution in [2.75, 3.05) is 6.54 Å². The van der Waals surface area contributed by atoms with E-state index < -0.39 is 37.1 Å². The summed E-state index contributed by atoms with van der Waals surface area (Å²) in [4.78, 5) is 10.6. The Morgan fingerprint density at radius 1 is 1.38 bits per heavy atom. The summed E-state index contributed by atoms with van der Waals surface area (Å²) in [6.45, 7) is 2.93. The molecule has 0 spiro atoms. The van der Waals surface area contributed by atoms with Gasteiger partial charge in [-0.05, 0) is 25.5 Å². The summed E-state index contributed by atoms with van der Waals surface area (Å²) < 4.78 is 26.6. The second-order valence-corrected chi connectivity index (χ2v) is 7.30. The molecule has 3 N–H and O–H groups in total. The maximum absolute atomic E-state index is 12.2. The summed E-state index contributed by atoms with van der Waals surface area (Å²) >= 11 is 11.5. The van der Waals surface area contributed by atoms with Crippen molar-refractivity contribution < 1.29 is 23.4 Å². The van der Waals surface area contributed by atoms with E-state index in [2.05, 4.69) is 4.72 Å². The number of benzene rings is 1. The summed E-state index contributed by atoms with van der Waals surface area (Å²) in [5.41, 5.74) is -1.64. The highest BCUT2D eigenvalue weighted by Crippen LogP contribution is 2.29. The molecule has 0 radical (unpaired) electrons. The van der Waals surface area contributed by atoms with Crippen LogP contribution in [0.1, 0.15) is 30.6 Å². The summed E-state index contributed by atoms with van der Waals surface area (Å²) in [5.74, 6) is -1.39. The van der Waals surface area contributed by atoms with Gasteiger partial charge in [0, 0.05) is 11.6 Å². The van der Waals surface area contributed by atoms with E-state index in [9.17, 15) is 18.3 Å². The fourth-order valence-corrected chi connectivity index (χ4v) is 3.43. The zero-order valence-corrected chi connectivity index (χ0v) is 13.7. The molecule has 1 rings (SSSR count). The van der Waals surface area contributed by atoms with Crippen LogP contribution in [0.2, 0.25) is 10.0 Å². The smallest absolute Gasteiger partial charge is 0.337 e. The lowest BCUT2D eigenvalue weighted by atomic mass is 10.1. The van der Waals surface area contributed by atoms with Crippen molar-refractivity contribution in [3.05, 3.63) is 27.7 Å². The molecule has 0 aliphatic heterocycles. The number of aliphatic hydroxyl groups is 1. The Bertz CT molecular complexity index is 658. The van der Waals surface area contributed by atoms with Crippen molar-refractivity contribution in [2.45, 2.75) is 30.8 Å². The van der Waals surface area contributed by atoms with Gasteiger partial charge in [0.25, 0.3) is 0 Å². The molecular weight excluding hydrogens is 341 g/mol. The highest BCUT2D eigenvalue weighted by Gasteiger charge is 2.26. The van der Waals surface area contributed by atoms with Gasteiger partial charge in [-0.15, -0.1) is 0 Å². The molecule has 9 heteroatoms. The van der Waals surface area contributed by atoms with Gasteiger partial charge in [-0.25, -0.2) is 17.9 Å². The Kier molecular flexibility index (Phi) is 5.63. The first kappa shape index (κ1) is 18.2. The molecule has 0 saturated heterocycles. The molecule has 0 saturated carbocycles. The SMILES string of the molecule is CCC(C)(O)CNS(=O)(=O)c1cc(Cl)cc(C(=O)O)c1Cl. The average Bonchev–Trinajstić information content (AvgIpc) is 2.38. The van der Waals surface area contributed by atoms with Gasteiger partial charge in [0.05, 0.1) is 16.2 Å². The molecule has 21 heavy (non-hydrogen) atoms. The van der Waals surface area contributed by atoms with Crippen LogP contribution in [0.4, 0.5) is 0 Å². The lowest BCUT2D eigenvalue weighted by molar-refractivity contribution is 0.0613. The first-order valence-corrected chi connectivity index (χ1v) is 8.18. The second-order valence-electron chi connectivity index (χ2n) is 4.75. The van der Waals surface area contributed by atoms with Crippen molar-refractivity contribution in [1.29, 1.82) is 0 Å². The number of halogens is 2. The molecule has 6 nitrogen and oxygen atoms in total. The van der Waals surface area contributed by atoms with Gasteiger partial charge in [-0.3, -0.25) is 0 Å². The molecule has 0 aliphatic rings. The van der Waals surface area contributed by atoms with Crippen molar-refractivity contribution >= 4 is 39.2 Å². The maximum atomic E-state index is 12.2. The quantitative estimate of drug-likeness (QED) is 0.724. The van der Waals surface area contributed by atoms with Crippen LogP contribution in [0.15, 0.2) is 17.0 Å². The third-order valence-corrected chi connectivity index (χ3v) is 5.09. The van der Waals surface area contributed by atoms with Crippen LogP contribution < -0.4 is 4.72 Å². The van der Waals surface area contributed by atoms with Gasteiger partial charge in [0.2, 0.25) is 10.0 Å². The predicted molar refractivity (Wildman–Crippen MR) is 79.5 cm³/mol. The van der Waals surface area contributed by atoms with E-state index in [0.29, 0.717) is 6.42 Å². The molecule has 1 aromatic carbocycles. The lowest BCUT2D eigenvalue weighted by Gasteiger charge is -2.21. The van der Waals surface area contributed by atoms with E-state index in [-0.39, 0.29) is 11.6 Å². The molecule has 0 aromatic heterocycles. The minimum Gasteiger partial charge on any atom is -0.478 e. The lowest BCUT2D eigenvalue weighted by Crippen LogP contribution is -2.40. The number of rotatable bonds is 6. The van der Waals surface area contributed by atoms with Crippen LogP contribution in [0.25, 0.3) is 0 Å². The van der Waals surface area contributed by atoms with Crippen molar-refractivity contribution in [3.8, 4) is 0 Å². The van der Waals surface area contributed by atoms with E-state index in [1.807, 2.05) is 0 Å². The van der Waals surface area contributed by atoms with Crippen LogP contribution in [0, 0.1) is 0 Å². The molecular formula is C12H15Cl2NO5S. The minimum atomic E-state index is -4.10. The van der Waals surface area contributed by atoms with Crippen molar-refractivity contribution in [2.24, 2.45) is 0 Å². The monoisotopic (exact) mass is 355 g/mol. The second kappa shape index (κ2) is 6.50. The van der Waals surface area contributed by atoms with Gasteiger partial charge in [-0.1, -0.05) is 30.1 Å². The van der Waals surface area contributed by atoms with Crippen LogP contribution in [-0.4, -0.2) is 36.7 Å². The number of nitrogens with one attached hydrogen (secondary N) is 1. The molecule has 0 amide bonds. The van der Waals surface area contributed by atoms with E-state index in [1.54, 1.807) is 6.92 Å². The topological polar surface area (TPSA) is 104 Å². The molecule has 0 aliphatic carbocycles. The van der Waals surface area contributed by atoms with Gasteiger partial charge in [0.15, 0.2) is 0 Å². The maximum Gasteiger partial charge on any atom is 0.337 e. The Labute approximate surface area is 132 Å². The summed E-state index contributed by atoms with van der Waals surface area (Å²) in [6, 6.07) is 2.12. The molecule has 1 aromatic rings. The normalized spacial score (nSPS) is 14.7. The highest BCUT2D eigenvalue weighted by molar-refractivity contribution is 7.89. The minimum absolute atomic E-state index is 0.0700. The Morgan fingerprint density at radius 2 is 1.95 bits per heavy atom. The van der Waals surface area contributed by atoms with Crippen LogP contribution in [-0.2, 0) is 10.0 Å². The highest BCUT2D eigenvalue weighted by atomic mass is 35.5. The van der Waals surface area contributed by atoms with Crippen LogP contribution in [0.3, 0.4) is 0 Å². The fourth-order valence-electron chi connectivity index (χ4n) is 1.37. The number of sulfonamides is 1. The molecule has 0 bridgehead atoms. The molecule has 1 unspecified atom stereocenters. The number of carboxylic acids is 1. The van der Waals surface area contributed by atoms with Gasteiger partial charge < -0.3 is 10.2 Å². The van der Waals surface area contributed by atoms with E-state index in [0.717, 1.165) is 12.1 Å². The summed E-state index contributed by atoms with van der Waals surface area (Å²) in [6.07, 6.45) is 0.333. The third-order valence-electron chi connectivity index (χ3n) is 2.93. The first-order valence-electron chi connectivity index (χ1n) is 5.94. The first-order chi connectivity index (χ1) is 9.50. The largest absolute Gasteiger partial charge is 0.478 e. The van der Waals surface area contributed by atoms with Crippen molar-refractivity contribution in [1.82, 2.24) is 4.72 Å². The average molecular weight is 356 g/mol. The van der Waals surface area contributed by atoms with Gasteiger partial charge >= 0.3 is 5.97 Å². The molecule has 0 fully saturated rings. The van der Waals surface area contributed by atoms with Gasteiger partial charge in [0.1, 0.15) is 4.90 Å². The Morgan fingerprint density at radius 3 is 2.43 bits per heavy atom. The molecule has 118 valence electrons. The zero-order chi connectivity index (χ0) is 16.4. The van der Waals surface area contributed by atoms with Crippen molar-refractivity contribution in [3.63, 3.8) is 0 Å². The summed E-state index contributed by atoms with van der Waals surface area (Å²) in [7, 11) is -4.10. The fraction of sp³-hybridized carbons (Fsp3) is 0.417. The van der Waals surface area contributed by atoms with E-state index in [1.165, 1.54) is 6.92 Å². The van der Waals surface area contributed by atoms with Crippen LogP contribution >= 0.6 is 23.2 Å². The number of carbonyl (C=O) groups is 1. The third kappa shape index (κ3) is 4.55. The number of hydrogen-bond acceptors (Lipinski definition) is 4. The number of aromatic carboxylic acids is 1. The van der Waals surface area contributed by atoms with Crippen LogP contribution in [0.5, 0.6) is 0 Å². The summed E-state index contributed by atoms with van der Waals surface area (Å²) in [5, 5.41) is 18.3. The van der Waals surface area contributed by atoms with E-state index in [4.69, 9.17) is 28.3 Å². The Hall–Kier alpha value is -0.860. The molecule has 0 heterocycles.